The Morgan fingerprint density at radius 2 is 2.04 bits per heavy atom. The Morgan fingerprint density at radius 1 is 1.19 bits per heavy atom. The van der Waals surface area contributed by atoms with E-state index < -0.39 is 0 Å². The maximum atomic E-state index is 12.0. The van der Waals surface area contributed by atoms with Crippen LogP contribution in [0.3, 0.4) is 0 Å². The summed E-state index contributed by atoms with van der Waals surface area (Å²) in [6.07, 6.45) is 0.707. The van der Waals surface area contributed by atoms with Crippen LogP contribution in [0.2, 0.25) is 0 Å². The van der Waals surface area contributed by atoms with E-state index in [4.69, 9.17) is 9.15 Å². The Balaban J connectivity index is 1.46. The molecule has 0 aliphatic heterocycles. The van der Waals surface area contributed by atoms with Crippen LogP contribution >= 0.6 is 11.8 Å². The van der Waals surface area contributed by atoms with E-state index in [9.17, 15) is 4.79 Å². The topological polar surface area (TPSA) is 77.2 Å². The van der Waals surface area contributed by atoms with Gasteiger partial charge in [-0.05, 0) is 37.1 Å². The molecule has 0 unspecified atom stereocenters. The van der Waals surface area contributed by atoms with Crippen molar-refractivity contribution >= 4 is 17.7 Å². The summed E-state index contributed by atoms with van der Waals surface area (Å²) >= 11 is 1.23. The fraction of sp³-hybridized carbons (Fsp3) is 0.250. The molecule has 1 aromatic heterocycles. The van der Waals surface area contributed by atoms with Crippen molar-refractivity contribution in [3.63, 3.8) is 0 Å². The molecule has 0 aliphatic rings. The van der Waals surface area contributed by atoms with Gasteiger partial charge in [0.05, 0.1) is 12.9 Å². The largest absolute Gasteiger partial charge is 0.496 e. The van der Waals surface area contributed by atoms with Gasteiger partial charge in [-0.25, -0.2) is 0 Å². The van der Waals surface area contributed by atoms with Gasteiger partial charge in [-0.15, -0.1) is 10.2 Å². The highest BCUT2D eigenvalue weighted by molar-refractivity contribution is 7.99. The van der Waals surface area contributed by atoms with Gasteiger partial charge in [0.25, 0.3) is 5.22 Å². The molecule has 0 atom stereocenters. The van der Waals surface area contributed by atoms with Crippen molar-refractivity contribution in [2.24, 2.45) is 0 Å². The number of hydrogen-bond donors (Lipinski definition) is 1. The Kier molecular flexibility index (Phi) is 6.49. The van der Waals surface area contributed by atoms with E-state index >= 15 is 0 Å². The highest BCUT2D eigenvalue weighted by Gasteiger charge is 2.11. The molecule has 0 radical (unpaired) electrons. The summed E-state index contributed by atoms with van der Waals surface area (Å²) in [6, 6.07) is 15.6. The van der Waals surface area contributed by atoms with Gasteiger partial charge < -0.3 is 14.5 Å². The molecule has 1 heterocycles. The van der Waals surface area contributed by atoms with Crippen LogP contribution in [0.4, 0.5) is 0 Å². The second kappa shape index (κ2) is 9.23. The van der Waals surface area contributed by atoms with E-state index in [0.29, 0.717) is 24.1 Å². The number of carbonyl (C=O) groups is 1. The fourth-order valence-electron chi connectivity index (χ4n) is 2.59. The first-order chi connectivity index (χ1) is 13.2. The molecule has 7 heteroatoms. The predicted octanol–water partition coefficient (Wildman–Crippen LogP) is 3.50. The third kappa shape index (κ3) is 5.34. The average Bonchev–Trinajstić information content (AvgIpc) is 3.16. The summed E-state index contributed by atoms with van der Waals surface area (Å²) in [5, 5.41) is 11.3. The zero-order chi connectivity index (χ0) is 19.1. The van der Waals surface area contributed by atoms with Crippen LogP contribution in [0, 0.1) is 6.92 Å². The maximum Gasteiger partial charge on any atom is 0.277 e. The number of para-hydroxylation sites is 1. The van der Waals surface area contributed by atoms with Gasteiger partial charge >= 0.3 is 0 Å². The Labute approximate surface area is 162 Å². The first-order valence-corrected chi connectivity index (χ1v) is 9.56. The minimum Gasteiger partial charge on any atom is -0.496 e. The zero-order valence-corrected chi connectivity index (χ0v) is 16.1. The van der Waals surface area contributed by atoms with Crippen LogP contribution in [0.5, 0.6) is 5.75 Å². The first kappa shape index (κ1) is 19.0. The number of aryl methyl sites for hydroxylation is 1. The van der Waals surface area contributed by atoms with E-state index in [-0.39, 0.29) is 11.7 Å². The number of ether oxygens (including phenoxy) is 1. The summed E-state index contributed by atoms with van der Waals surface area (Å²) in [4.78, 5) is 12.0. The van der Waals surface area contributed by atoms with Crippen molar-refractivity contribution < 1.29 is 13.9 Å². The molecule has 1 amide bonds. The van der Waals surface area contributed by atoms with Gasteiger partial charge in [0.2, 0.25) is 11.8 Å². The molecule has 0 aliphatic carbocycles. The average molecular weight is 383 g/mol. The molecule has 0 saturated carbocycles. The lowest BCUT2D eigenvalue weighted by Gasteiger charge is -2.08. The monoisotopic (exact) mass is 383 g/mol. The quantitative estimate of drug-likeness (QED) is 0.600. The van der Waals surface area contributed by atoms with Crippen LogP contribution in [-0.4, -0.2) is 35.5 Å². The Bertz CT molecular complexity index is 911. The van der Waals surface area contributed by atoms with Gasteiger partial charge in [0.1, 0.15) is 5.75 Å². The summed E-state index contributed by atoms with van der Waals surface area (Å²) in [5.41, 5.74) is 3.05. The predicted molar refractivity (Wildman–Crippen MR) is 105 cm³/mol. The van der Waals surface area contributed by atoms with Crippen LogP contribution in [0.1, 0.15) is 11.1 Å². The van der Waals surface area contributed by atoms with Crippen molar-refractivity contribution in [1.29, 1.82) is 0 Å². The number of nitrogens with zero attached hydrogens (tertiary/aromatic N) is 2. The zero-order valence-electron chi connectivity index (χ0n) is 15.3. The number of benzene rings is 2. The number of aromatic nitrogens is 2. The van der Waals surface area contributed by atoms with Gasteiger partial charge in [-0.2, -0.15) is 0 Å². The smallest absolute Gasteiger partial charge is 0.277 e. The van der Waals surface area contributed by atoms with Crippen LogP contribution < -0.4 is 10.1 Å². The minimum atomic E-state index is -0.0785. The summed E-state index contributed by atoms with van der Waals surface area (Å²) in [6.45, 7) is 2.54. The first-order valence-electron chi connectivity index (χ1n) is 8.57. The van der Waals surface area contributed by atoms with Crippen LogP contribution in [0.15, 0.2) is 58.2 Å². The number of rotatable bonds is 8. The number of hydrogen-bond acceptors (Lipinski definition) is 6. The molecule has 0 spiro atoms. The normalized spacial score (nSPS) is 10.6. The fourth-order valence-corrected chi connectivity index (χ4v) is 3.18. The summed E-state index contributed by atoms with van der Waals surface area (Å²) < 4.78 is 10.9. The number of methoxy groups -OCH3 is 1. The third-order valence-corrected chi connectivity index (χ3v) is 4.73. The van der Waals surface area contributed by atoms with Crippen molar-refractivity contribution in [3.8, 4) is 17.2 Å². The van der Waals surface area contributed by atoms with E-state index in [1.54, 1.807) is 7.11 Å². The number of nitrogens with one attached hydrogen (secondary N) is 1. The summed E-state index contributed by atoms with van der Waals surface area (Å²) in [5.74, 6) is 1.43. The van der Waals surface area contributed by atoms with Crippen molar-refractivity contribution in [3.05, 3.63) is 59.7 Å². The Hall–Kier alpha value is -2.80. The third-order valence-electron chi connectivity index (χ3n) is 3.91. The molecule has 2 aromatic carbocycles. The van der Waals surface area contributed by atoms with Gasteiger partial charge in [0.15, 0.2) is 0 Å². The SMILES string of the molecule is COc1ccccc1CCNC(=O)CSc1nnc(-c2cccc(C)c2)o1. The summed E-state index contributed by atoms with van der Waals surface area (Å²) in [7, 11) is 1.64. The lowest BCUT2D eigenvalue weighted by atomic mass is 10.1. The second-order valence-corrected chi connectivity index (χ2v) is 6.87. The molecule has 27 heavy (non-hydrogen) atoms. The highest BCUT2D eigenvalue weighted by Crippen LogP contribution is 2.23. The molecular formula is C20H21N3O3S. The van der Waals surface area contributed by atoms with Crippen molar-refractivity contribution in [2.75, 3.05) is 19.4 Å². The molecule has 0 bridgehead atoms. The minimum absolute atomic E-state index is 0.0785. The molecule has 0 saturated heterocycles. The van der Waals surface area contributed by atoms with E-state index in [2.05, 4.69) is 15.5 Å². The maximum absolute atomic E-state index is 12.0. The Morgan fingerprint density at radius 3 is 2.85 bits per heavy atom. The van der Waals surface area contributed by atoms with Crippen molar-refractivity contribution in [2.45, 2.75) is 18.6 Å². The second-order valence-electron chi connectivity index (χ2n) is 5.94. The highest BCUT2D eigenvalue weighted by atomic mass is 32.2. The number of carbonyl (C=O) groups excluding carboxylic acids is 1. The molecule has 3 aromatic rings. The molecule has 140 valence electrons. The van der Waals surface area contributed by atoms with Gasteiger partial charge in [-0.3, -0.25) is 4.79 Å². The molecule has 0 fully saturated rings. The molecule has 1 N–H and O–H groups in total. The lowest BCUT2D eigenvalue weighted by molar-refractivity contribution is -0.118. The standard InChI is InChI=1S/C20H21N3O3S/c1-14-6-5-8-16(12-14)19-22-23-20(26-19)27-13-18(24)21-11-10-15-7-3-4-9-17(15)25-2/h3-9,12H,10-11,13H2,1-2H3,(H,21,24). The van der Waals surface area contributed by atoms with Gasteiger partial charge in [-0.1, -0.05) is 47.7 Å². The van der Waals surface area contributed by atoms with Crippen LogP contribution in [0.25, 0.3) is 11.5 Å². The van der Waals surface area contributed by atoms with E-state index in [1.165, 1.54) is 11.8 Å². The van der Waals surface area contributed by atoms with E-state index in [1.807, 2.05) is 55.5 Å². The van der Waals surface area contributed by atoms with Crippen molar-refractivity contribution in [1.82, 2.24) is 15.5 Å². The lowest BCUT2D eigenvalue weighted by Crippen LogP contribution is -2.27. The molecular weight excluding hydrogens is 362 g/mol. The van der Waals surface area contributed by atoms with Gasteiger partial charge in [0, 0.05) is 12.1 Å². The van der Waals surface area contributed by atoms with Crippen LogP contribution in [-0.2, 0) is 11.2 Å². The molecule has 3 rings (SSSR count). The van der Waals surface area contributed by atoms with E-state index in [0.717, 1.165) is 22.4 Å². The molecule has 6 nitrogen and oxygen atoms in total. The number of thioether (sulfide) groups is 1. The number of amides is 1.